The summed E-state index contributed by atoms with van der Waals surface area (Å²) in [4.78, 5) is 12.4. The van der Waals surface area contributed by atoms with Crippen molar-refractivity contribution in [3.63, 3.8) is 0 Å². The lowest BCUT2D eigenvalue weighted by Gasteiger charge is -2.11. The number of benzene rings is 3. The van der Waals surface area contributed by atoms with Crippen molar-refractivity contribution >= 4 is 41.7 Å². The first-order valence-electron chi connectivity index (χ1n) is 10.4. The standard InChI is InChI=1S/C28H24ClFO4/c1-32-23-12-6-19(7-13-23)4-9-21-17-24(33-2)18-28(34-3)25(21)14-11-22(31)10-5-20-8-15-27(30)26(29)16-20/h4-18H,1-3H3/b9-4+,10-5+,14-11+. The molecular weight excluding hydrogens is 455 g/mol. The number of allylic oxidation sites excluding steroid dienone is 2. The first-order valence-corrected chi connectivity index (χ1v) is 10.7. The summed E-state index contributed by atoms with van der Waals surface area (Å²) in [7, 11) is 4.76. The van der Waals surface area contributed by atoms with E-state index in [1.54, 1.807) is 45.6 Å². The Hall–Kier alpha value is -3.83. The van der Waals surface area contributed by atoms with Crippen LogP contribution in [0, 0.1) is 5.82 Å². The molecule has 0 atom stereocenters. The van der Waals surface area contributed by atoms with Gasteiger partial charge >= 0.3 is 0 Å². The second-order valence-electron chi connectivity index (χ2n) is 7.18. The van der Waals surface area contributed by atoms with Crippen LogP contribution < -0.4 is 14.2 Å². The smallest absolute Gasteiger partial charge is 0.178 e. The summed E-state index contributed by atoms with van der Waals surface area (Å²) in [6, 6.07) is 15.5. The van der Waals surface area contributed by atoms with Gasteiger partial charge in [-0.05, 0) is 65.3 Å². The lowest BCUT2D eigenvalue weighted by Crippen LogP contribution is -1.94. The molecule has 0 spiro atoms. The van der Waals surface area contributed by atoms with E-state index in [4.69, 9.17) is 25.8 Å². The van der Waals surface area contributed by atoms with Gasteiger partial charge in [0.15, 0.2) is 5.78 Å². The van der Waals surface area contributed by atoms with Gasteiger partial charge in [-0.2, -0.15) is 0 Å². The highest BCUT2D eigenvalue weighted by atomic mass is 35.5. The minimum atomic E-state index is -0.508. The summed E-state index contributed by atoms with van der Waals surface area (Å²) >= 11 is 5.79. The minimum absolute atomic E-state index is 0.00130. The molecule has 0 radical (unpaired) electrons. The van der Waals surface area contributed by atoms with Crippen molar-refractivity contribution in [3.8, 4) is 17.2 Å². The van der Waals surface area contributed by atoms with Crippen LogP contribution in [0.3, 0.4) is 0 Å². The molecule has 3 aromatic carbocycles. The number of carbonyl (C=O) groups excluding carboxylic acids is 1. The normalized spacial score (nSPS) is 11.4. The molecule has 0 unspecified atom stereocenters. The molecule has 0 saturated heterocycles. The summed E-state index contributed by atoms with van der Waals surface area (Å²) < 4.78 is 29.4. The molecule has 0 bridgehead atoms. The van der Waals surface area contributed by atoms with Crippen molar-refractivity contribution in [2.75, 3.05) is 21.3 Å². The molecular formula is C28H24ClFO4. The van der Waals surface area contributed by atoms with Crippen LogP contribution in [0.15, 0.2) is 66.7 Å². The Balaban J connectivity index is 1.88. The molecule has 0 aliphatic rings. The van der Waals surface area contributed by atoms with Crippen LogP contribution in [0.4, 0.5) is 4.39 Å². The molecule has 0 aliphatic carbocycles. The topological polar surface area (TPSA) is 44.8 Å². The van der Waals surface area contributed by atoms with Gasteiger partial charge in [0.05, 0.1) is 26.4 Å². The number of hydrogen-bond acceptors (Lipinski definition) is 4. The number of carbonyl (C=O) groups is 1. The molecule has 3 aromatic rings. The van der Waals surface area contributed by atoms with Gasteiger partial charge in [-0.15, -0.1) is 0 Å². The second-order valence-corrected chi connectivity index (χ2v) is 7.59. The molecule has 4 nitrogen and oxygen atoms in total. The zero-order chi connectivity index (χ0) is 24.5. The zero-order valence-corrected chi connectivity index (χ0v) is 19.8. The zero-order valence-electron chi connectivity index (χ0n) is 19.0. The van der Waals surface area contributed by atoms with E-state index >= 15 is 0 Å². The summed E-state index contributed by atoms with van der Waals surface area (Å²) in [5.74, 6) is 1.21. The molecule has 3 rings (SSSR count). The molecule has 0 heterocycles. The second kappa shape index (κ2) is 11.9. The molecule has 34 heavy (non-hydrogen) atoms. The maximum atomic E-state index is 13.3. The van der Waals surface area contributed by atoms with Crippen LogP contribution >= 0.6 is 11.6 Å². The monoisotopic (exact) mass is 478 g/mol. The maximum Gasteiger partial charge on any atom is 0.178 e. The van der Waals surface area contributed by atoms with Crippen LogP contribution in [0.1, 0.15) is 22.3 Å². The Kier molecular flexibility index (Phi) is 8.66. The Morgan fingerprint density at radius 3 is 2.09 bits per heavy atom. The van der Waals surface area contributed by atoms with Gasteiger partial charge in [-0.1, -0.05) is 48.0 Å². The van der Waals surface area contributed by atoms with Gasteiger partial charge in [-0.3, -0.25) is 4.79 Å². The summed E-state index contributed by atoms with van der Waals surface area (Å²) in [6.45, 7) is 0. The van der Waals surface area contributed by atoms with E-state index in [1.807, 2.05) is 42.5 Å². The van der Waals surface area contributed by atoms with Crippen LogP contribution in [-0.2, 0) is 4.79 Å². The molecule has 6 heteroatoms. The number of rotatable bonds is 9. The lowest BCUT2D eigenvalue weighted by molar-refractivity contribution is -0.110. The quantitative estimate of drug-likeness (QED) is 0.246. The van der Waals surface area contributed by atoms with E-state index in [0.29, 0.717) is 17.1 Å². The van der Waals surface area contributed by atoms with E-state index in [2.05, 4.69) is 0 Å². The van der Waals surface area contributed by atoms with Crippen molar-refractivity contribution in [1.29, 1.82) is 0 Å². The number of ether oxygens (including phenoxy) is 3. The fourth-order valence-electron chi connectivity index (χ4n) is 3.14. The molecule has 0 saturated carbocycles. The van der Waals surface area contributed by atoms with Gasteiger partial charge in [0.2, 0.25) is 0 Å². The van der Waals surface area contributed by atoms with E-state index in [9.17, 15) is 9.18 Å². The first kappa shape index (κ1) is 24.8. The van der Waals surface area contributed by atoms with E-state index in [0.717, 1.165) is 22.4 Å². The van der Waals surface area contributed by atoms with Gasteiger partial charge in [0, 0.05) is 11.6 Å². The lowest BCUT2D eigenvalue weighted by atomic mass is 10.0. The van der Waals surface area contributed by atoms with Gasteiger partial charge < -0.3 is 14.2 Å². The molecule has 174 valence electrons. The minimum Gasteiger partial charge on any atom is -0.497 e. The third-order valence-electron chi connectivity index (χ3n) is 4.97. The van der Waals surface area contributed by atoms with Crippen molar-refractivity contribution in [2.24, 2.45) is 0 Å². The highest BCUT2D eigenvalue weighted by Crippen LogP contribution is 2.31. The van der Waals surface area contributed by atoms with Gasteiger partial charge in [0.25, 0.3) is 0 Å². The number of methoxy groups -OCH3 is 3. The third kappa shape index (κ3) is 6.59. The Morgan fingerprint density at radius 2 is 1.44 bits per heavy atom. The largest absolute Gasteiger partial charge is 0.497 e. The average molecular weight is 479 g/mol. The maximum absolute atomic E-state index is 13.3. The average Bonchev–Trinajstić information content (AvgIpc) is 2.86. The molecule has 0 fully saturated rings. The Labute approximate surface area is 203 Å². The Bertz CT molecular complexity index is 1240. The predicted octanol–water partition coefficient (Wildman–Crippen LogP) is 6.97. The van der Waals surface area contributed by atoms with Crippen molar-refractivity contribution in [1.82, 2.24) is 0 Å². The molecule has 0 aromatic heterocycles. The SMILES string of the molecule is COc1ccc(/C=C/c2cc(OC)cc(OC)c2/C=C/C(=O)/C=C/c2ccc(F)c(Cl)c2)cc1. The van der Waals surface area contributed by atoms with Gasteiger partial charge in [-0.25, -0.2) is 4.39 Å². The van der Waals surface area contributed by atoms with Gasteiger partial charge in [0.1, 0.15) is 23.1 Å². The predicted molar refractivity (Wildman–Crippen MR) is 136 cm³/mol. The van der Waals surface area contributed by atoms with Crippen molar-refractivity contribution in [2.45, 2.75) is 0 Å². The highest BCUT2D eigenvalue weighted by molar-refractivity contribution is 6.30. The third-order valence-corrected chi connectivity index (χ3v) is 5.26. The molecule has 0 amide bonds. The Morgan fingerprint density at radius 1 is 0.765 bits per heavy atom. The number of halogens is 2. The van der Waals surface area contributed by atoms with Crippen LogP contribution in [-0.4, -0.2) is 27.1 Å². The van der Waals surface area contributed by atoms with E-state index < -0.39 is 5.82 Å². The van der Waals surface area contributed by atoms with Crippen molar-refractivity contribution in [3.05, 3.63) is 99.8 Å². The first-order chi connectivity index (χ1) is 16.4. The van der Waals surface area contributed by atoms with E-state index in [-0.39, 0.29) is 10.8 Å². The molecule has 0 aliphatic heterocycles. The van der Waals surface area contributed by atoms with Crippen molar-refractivity contribution < 1.29 is 23.4 Å². The molecule has 0 N–H and O–H groups in total. The summed E-state index contributed by atoms with van der Waals surface area (Å²) in [6.07, 6.45) is 9.97. The fourth-order valence-corrected chi connectivity index (χ4v) is 3.33. The summed E-state index contributed by atoms with van der Waals surface area (Å²) in [5, 5.41) is 0.00130. The van der Waals surface area contributed by atoms with E-state index in [1.165, 1.54) is 24.3 Å². The van der Waals surface area contributed by atoms with Crippen LogP contribution in [0.2, 0.25) is 5.02 Å². The highest BCUT2D eigenvalue weighted by Gasteiger charge is 2.09. The van der Waals surface area contributed by atoms with Crippen LogP contribution in [0.5, 0.6) is 17.2 Å². The number of ketones is 1. The van der Waals surface area contributed by atoms with Crippen LogP contribution in [0.25, 0.3) is 24.3 Å². The summed E-state index contributed by atoms with van der Waals surface area (Å²) in [5.41, 5.74) is 3.14. The number of hydrogen-bond donors (Lipinski definition) is 0. The fraction of sp³-hybridized carbons (Fsp3) is 0.107.